The lowest BCUT2D eigenvalue weighted by Gasteiger charge is -1.89. The number of allylic oxidation sites excluding steroid dienone is 1. The van der Waals surface area contributed by atoms with Crippen LogP contribution >= 0.6 is 0 Å². The number of ether oxygens (including phenoxy) is 1. The van der Waals surface area contributed by atoms with Gasteiger partial charge >= 0.3 is 0 Å². The van der Waals surface area contributed by atoms with Gasteiger partial charge in [0.1, 0.15) is 0 Å². The van der Waals surface area contributed by atoms with Crippen molar-refractivity contribution in [3.05, 3.63) is 12.2 Å². The molecule has 0 aromatic rings. The summed E-state index contributed by atoms with van der Waals surface area (Å²) in [5, 5.41) is 0. The van der Waals surface area contributed by atoms with Crippen molar-refractivity contribution < 1.29 is 9.53 Å². The van der Waals surface area contributed by atoms with Gasteiger partial charge in [0.2, 0.25) is 0 Å². The van der Waals surface area contributed by atoms with E-state index in [1.165, 1.54) is 0 Å². The third-order valence-corrected chi connectivity index (χ3v) is 0.873. The summed E-state index contributed by atoms with van der Waals surface area (Å²) in [7, 11) is 0. The quantitative estimate of drug-likeness (QED) is 0.319. The Morgan fingerprint density at radius 1 is 1.44 bits per heavy atom. The molecule has 0 aromatic heterocycles. The fourth-order valence-corrected chi connectivity index (χ4v) is 0.469. The van der Waals surface area contributed by atoms with Crippen molar-refractivity contribution in [2.45, 2.75) is 19.8 Å². The average molecular weight is 128 g/mol. The molecular weight excluding hydrogens is 116 g/mol. The minimum absolute atomic E-state index is 0.472. The molecule has 0 bridgehead atoms. The first kappa shape index (κ1) is 8.21. The van der Waals surface area contributed by atoms with E-state index >= 15 is 0 Å². The van der Waals surface area contributed by atoms with E-state index in [9.17, 15) is 4.79 Å². The van der Waals surface area contributed by atoms with Gasteiger partial charge in [0.05, 0.1) is 6.61 Å². The highest BCUT2D eigenvalue weighted by molar-refractivity contribution is 5.36. The first-order chi connectivity index (χ1) is 4.41. The zero-order chi connectivity index (χ0) is 6.95. The summed E-state index contributed by atoms with van der Waals surface area (Å²) in [4.78, 5) is 9.59. The van der Waals surface area contributed by atoms with Crippen molar-refractivity contribution in [1.29, 1.82) is 0 Å². The number of carbonyl (C=O) groups is 1. The molecular formula is C7H12O2. The van der Waals surface area contributed by atoms with Crippen LogP contribution in [0.4, 0.5) is 0 Å². The van der Waals surface area contributed by atoms with Crippen LogP contribution in [0.25, 0.3) is 0 Å². The lowest BCUT2D eigenvalue weighted by molar-refractivity contribution is -0.128. The van der Waals surface area contributed by atoms with Crippen LogP contribution in [0.15, 0.2) is 12.2 Å². The second-order valence-electron chi connectivity index (χ2n) is 1.64. The molecule has 0 saturated heterocycles. The minimum Gasteiger partial charge on any atom is -0.468 e. The Hall–Kier alpha value is -0.790. The van der Waals surface area contributed by atoms with E-state index in [1.807, 2.05) is 12.2 Å². The molecule has 0 heterocycles. The molecule has 9 heavy (non-hydrogen) atoms. The first-order valence-corrected chi connectivity index (χ1v) is 3.12. The first-order valence-electron chi connectivity index (χ1n) is 3.12. The fourth-order valence-electron chi connectivity index (χ4n) is 0.469. The van der Waals surface area contributed by atoms with E-state index in [4.69, 9.17) is 0 Å². The summed E-state index contributed by atoms with van der Waals surface area (Å²) >= 11 is 0. The number of hydrogen-bond donors (Lipinski definition) is 0. The maximum atomic E-state index is 9.59. The van der Waals surface area contributed by atoms with Crippen molar-refractivity contribution >= 4 is 6.47 Å². The highest BCUT2D eigenvalue weighted by Gasteiger charge is 1.77. The summed E-state index contributed by atoms with van der Waals surface area (Å²) in [6.07, 6.45) is 5.92. The zero-order valence-corrected chi connectivity index (χ0v) is 5.67. The maximum Gasteiger partial charge on any atom is 0.293 e. The molecule has 0 N–H and O–H groups in total. The van der Waals surface area contributed by atoms with Gasteiger partial charge in [-0.1, -0.05) is 19.1 Å². The summed E-state index contributed by atoms with van der Waals surface area (Å²) < 4.78 is 4.45. The Bertz CT molecular complexity index is 86.9. The highest BCUT2D eigenvalue weighted by Crippen LogP contribution is 1.85. The molecule has 0 spiro atoms. The van der Waals surface area contributed by atoms with Crippen molar-refractivity contribution in [3.63, 3.8) is 0 Å². The third kappa shape index (κ3) is 7.21. The van der Waals surface area contributed by atoms with E-state index < -0.39 is 0 Å². The number of hydrogen-bond acceptors (Lipinski definition) is 2. The van der Waals surface area contributed by atoms with E-state index in [1.54, 1.807) is 0 Å². The van der Waals surface area contributed by atoms with Crippen LogP contribution in [-0.4, -0.2) is 13.1 Å². The molecule has 52 valence electrons. The van der Waals surface area contributed by atoms with Gasteiger partial charge in [-0.05, 0) is 12.8 Å². The second kappa shape index (κ2) is 7.21. The summed E-state index contributed by atoms with van der Waals surface area (Å²) in [6, 6.07) is 0. The summed E-state index contributed by atoms with van der Waals surface area (Å²) in [6.45, 7) is 3.04. The number of rotatable bonds is 5. The maximum absolute atomic E-state index is 9.59. The van der Waals surface area contributed by atoms with Gasteiger partial charge in [0, 0.05) is 0 Å². The predicted octanol–water partition coefficient (Wildman–Crippen LogP) is 1.52. The highest BCUT2D eigenvalue weighted by atomic mass is 16.5. The Labute approximate surface area is 55.5 Å². The van der Waals surface area contributed by atoms with Gasteiger partial charge < -0.3 is 4.74 Å². The molecule has 0 atom stereocenters. The molecule has 0 aliphatic heterocycles. The Morgan fingerprint density at radius 2 is 2.22 bits per heavy atom. The topological polar surface area (TPSA) is 26.3 Å². The van der Waals surface area contributed by atoms with Crippen LogP contribution in [0.1, 0.15) is 19.8 Å². The molecule has 0 saturated carbocycles. The third-order valence-electron chi connectivity index (χ3n) is 0.873. The van der Waals surface area contributed by atoms with Crippen LogP contribution in [0.5, 0.6) is 0 Å². The normalized spacial score (nSPS) is 9.89. The summed E-state index contributed by atoms with van der Waals surface area (Å²) in [5.41, 5.74) is 0. The molecule has 0 amide bonds. The molecule has 0 aromatic carbocycles. The van der Waals surface area contributed by atoms with Crippen LogP contribution in [0.2, 0.25) is 0 Å². The van der Waals surface area contributed by atoms with Crippen molar-refractivity contribution in [2.75, 3.05) is 6.61 Å². The fraction of sp³-hybridized carbons (Fsp3) is 0.571. The van der Waals surface area contributed by atoms with E-state index in [0.717, 1.165) is 12.8 Å². The molecule has 0 aliphatic rings. The molecule has 0 aliphatic carbocycles. The number of carbonyl (C=O) groups excluding carboxylic acids is 1. The standard InChI is InChI=1S/C7H12O2/c1-2-3-4-5-6-9-7-8/h3-4,7H,2,5-6H2,1H3/b4-3+. The molecule has 0 fully saturated rings. The summed E-state index contributed by atoms with van der Waals surface area (Å²) in [5.74, 6) is 0. The van der Waals surface area contributed by atoms with Crippen LogP contribution in [0, 0.1) is 0 Å². The van der Waals surface area contributed by atoms with E-state index in [0.29, 0.717) is 13.1 Å². The van der Waals surface area contributed by atoms with Gasteiger partial charge in [0.15, 0.2) is 0 Å². The molecule has 2 nitrogen and oxygen atoms in total. The van der Waals surface area contributed by atoms with Gasteiger partial charge in [-0.25, -0.2) is 0 Å². The monoisotopic (exact) mass is 128 g/mol. The van der Waals surface area contributed by atoms with Crippen LogP contribution in [-0.2, 0) is 9.53 Å². The molecule has 2 heteroatoms. The lowest BCUT2D eigenvalue weighted by Crippen LogP contribution is -1.87. The average Bonchev–Trinajstić information content (AvgIpc) is 1.89. The zero-order valence-electron chi connectivity index (χ0n) is 5.67. The van der Waals surface area contributed by atoms with Gasteiger partial charge in [-0.15, -0.1) is 0 Å². The molecule has 0 radical (unpaired) electrons. The lowest BCUT2D eigenvalue weighted by atomic mass is 10.3. The van der Waals surface area contributed by atoms with Crippen LogP contribution in [0.3, 0.4) is 0 Å². The smallest absolute Gasteiger partial charge is 0.293 e. The van der Waals surface area contributed by atoms with E-state index in [-0.39, 0.29) is 0 Å². The van der Waals surface area contributed by atoms with Gasteiger partial charge in [-0.2, -0.15) is 0 Å². The minimum atomic E-state index is 0.472. The van der Waals surface area contributed by atoms with Gasteiger partial charge in [0.25, 0.3) is 6.47 Å². The Morgan fingerprint density at radius 3 is 2.78 bits per heavy atom. The second-order valence-corrected chi connectivity index (χ2v) is 1.64. The SMILES string of the molecule is CC/C=C/CCOC=O. The van der Waals surface area contributed by atoms with Crippen molar-refractivity contribution in [2.24, 2.45) is 0 Å². The Balaban J connectivity index is 2.90. The van der Waals surface area contributed by atoms with Gasteiger partial charge in [-0.3, -0.25) is 4.79 Å². The molecule has 0 unspecified atom stereocenters. The van der Waals surface area contributed by atoms with E-state index in [2.05, 4.69) is 11.7 Å². The van der Waals surface area contributed by atoms with Crippen molar-refractivity contribution in [3.8, 4) is 0 Å². The largest absolute Gasteiger partial charge is 0.468 e. The Kier molecular flexibility index (Phi) is 6.58. The van der Waals surface area contributed by atoms with Crippen LogP contribution < -0.4 is 0 Å². The molecule has 0 rings (SSSR count). The predicted molar refractivity (Wildman–Crippen MR) is 36.1 cm³/mol. The van der Waals surface area contributed by atoms with Crippen molar-refractivity contribution in [1.82, 2.24) is 0 Å².